The summed E-state index contributed by atoms with van der Waals surface area (Å²) in [6, 6.07) is 25.1. The molecule has 38 heavy (non-hydrogen) atoms. The molecule has 7 nitrogen and oxygen atoms in total. The van der Waals surface area contributed by atoms with Crippen LogP contribution in [-0.4, -0.2) is 71.8 Å². The molecular formula is C31H40N2O5. The summed E-state index contributed by atoms with van der Waals surface area (Å²) in [4.78, 5) is 4.73. The van der Waals surface area contributed by atoms with Gasteiger partial charge in [0.05, 0.1) is 53.9 Å². The first-order valence-corrected chi connectivity index (χ1v) is 13.3. The molecular weight excluding hydrogens is 480 g/mol. The average molecular weight is 521 g/mol. The smallest absolute Gasteiger partial charge is 0.119 e. The van der Waals surface area contributed by atoms with E-state index in [0.29, 0.717) is 19.8 Å². The molecule has 0 saturated carbocycles. The van der Waals surface area contributed by atoms with Crippen molar-refractivity contribution in [2.24, 2.45) is 0 Å². The minimum Gasteiger partial charge on any atom is -0.497 e. The second kappa shape index (κ2) is 15.3. The third-order valence-electron chi connectivity index (χ3n) is 6.61. The van der Waals surface area contributed by atoms with E-state index < -0.39 is 0 Å². The lowest BCUT2D eigenvalue weighted by Gasteiger charge is -2.26. The van der Waals surface area contributed by atoms with Gasteiger partial charge in [0.1, 0.15) is 11.5 Å². The van der Waals surface area contributed by atoms with Crippen LogP contribution in [0.15, 0.2) is 72.8 Å². The Bertz CT molecular complexity index is 1040. The van der Waals surface area contributed by atoms with Crippen molar-refractivity contribution in [3.05, 3.63) is 89.5 Å². The molecule has 1 aliphatic rings. The summed E-state index contributed by atoms with van der Waals surface area (Å²) in [6.45, 7) is 8.58. The van der Waals surface area contributed by atoms with E-state index in [4.69, 9.17) is 23.7 Å². The Hall–Kier alpha value is -3.10. The van der Waals surface area contributed by atoms with E-state index in [2.05, 4.69) is 58.3 Å². The van der Waals surface area contributed by atoms with Crippen molar-refractivity contribution in [2.75, 3.05) is 71.8 Å². The molecule has 0 radical (unpaired) electrons. The van der Waals surface area contributed by atoms with Crippen molar-refractivity contribution >= 4 is 5.69 Å². The number of methoxy groups -OCH3 is 2. The molecule has 0 N–H and O–H groups in total. The van der Waals surface area contributed by atoms with E-state index >= 15 is 0 Å². The summed E-state index contributed by atoms with van der Waals surface area (Å²) in [5, 5.41) is 0. The van der Waals surface area contributed by atoms with Crippen LogP contribution in [0.4, 0.5) is 5.69 Å². The highest BCUT2D eigenvalue weighted by Gasteiger charge is 2.11. The van der Waals surface area contributed by atoms with Gasteiger partial charge in [0.2, 0.25) is 0 Å². The van der Waals surface area contributed by atoms with Crippen LogP contribution in [0, 0.1) is 0 Å². The third kappa shape index (κ3) is 9.03. The standard InChI is InChI=1S/C31H40N2O5/c1-34-30-7-3-5-27(21-30)23-33(24-28-6-4-8-31(22-28)35-2)29-11-9-26(10-12-29)25-38-20-19-37-18-15-32-13-16-36-17-14-32/h3-12,21-22H,13-20,23-25H2,1-2H3. The zero-order valence-corrected chi connectivity index (χ0v) is 22.6. The monoisotopic (exact) mass is 520 g/mol. The number of morpholine rings is 1. The van der Waals surface area contributed by atoms with Crippen molar-refractivity contribution in [2.45, 2.75) is 19.7 Å². The molecule has 0 atom stereocenters. The quantitative estimate of drug-likeness (QED) is 0.268. The molecule has 0 bridgehead atoms. The van der Waals surface area contributed by atoms with Crippen LogP contribution in [0.5, 0.6) is 11.5 Å². The van der Waals surface area contributed by atoms with Crippen molar-refractivity contribution in [1.29, 1.82) is 0 Å². The van der Waals surface area contributed by atoms with Crippen molar-refractivity contribution in [3.63, 3.8) is 0 Å². The Kier molecular flexibility index (Phi) is 11.3. The van der Waals surface area contributed by atoms with Gasteiger partial charge in [-0.05, 0) is 53.1 Å². The summed E-state index contributed by atoms with van der Waals surface area (Å²) in [7, 11) is 3.40. The number of hydrogen-bond donors (Lipinski definition) is 0. The molecule has 3 aromatic rings. The van der Waals surface area contributed by atoms with Gasteiger partial charge in [0.25, 0.3) is 0 Å². The van der Waals surface area contributed by atoms with Crippen LogP contribution >= 0.6 is 0 Å². The zero-order chi connectivity index (χ0) is 26.4. The summed E-state index contributed by atoms with van der Waals surface area (Å²) in [5.74, 6) is 1.72. The Morgan fingerprint density at radius 1 is 0.711 bits per heavy atom. The predicted molar refractivity (Wildman–Crippen MR) is 150 cm³/mol. The minimum atomic E-state index is 0.568. The van der Waals surface area contributed by atoms with Crippen LogP contribution in [-0.2, 0) is 33.9 Å². The molecule has 7 heteroatoms. The van der Waals surface area contributed by atoms with Crippen LogP contribution in [0.2, 0.25) is 0 Å². The first-order valence-electron chi connectivity index (χ1n) is 13.3. The van der Waals surface area contributed by atoms with Gasteiger partial charge < -0.3 is 28.6 Å². The van der Waals surface area contributed by atoms with E-state index in [0.717, 1.165) is 75.3 Å². The van der Waals surface area contributed by atoms with Gasteiger partial charge in [0, 0.05) is 38.4 Å². The molecule has 3 aromatic carbocycles. The lowest BCUT2D eigenvalue weighted by Crippen LogP contribution is -2.38. The SMILES string of the molecule is COc1cccc(CN(Cc2cccc(OC)c2)c2ccc(COCCOCCN3CCOCC3)cc2)c1. The van der Waals surface area contributed by atoms with Gasteiger partial charge in [-0.15, -0.1) is 0 Å². The maximum Gasteiger partial charge on any atom is 0.119 e. The normalized spacial score (nSPS) is 13.8. The topological polar surface area (TPSA) is 52.6 Å². The average Bonchev–Trinajstić information content (AvgIpc) is 2.97. The molecule has 0 aliphatic carbocycles. The fourth-order valence-corrected chi connectivity index (χ4v) is 4.45. The van der Waals surface area contributed by atoms with Gasteiger partial charge in [-0.2, -0.15) is 0 Å². The van der Waals surface area contributed by atoms with E-state index in [9.17, 15) is 0 Å². The molecule has 1 heterocycles. The molecule has 0 amide bonds. The van der Waals surface area contributed by atoms with Crippen molar-refractivity contribution in [3.8, 4) is 11.5 Å². The van der Waals surface area contributed by atoms with Crippen molar-refractivity contribution < 1.29 is 23.7 Å². The number of benzene rings is 3. The van der Waals surface area contributed by atoms with Crippen molar-refractivity contribution in [1.82, 2.24) is 4.90 Å². The van der Waals surface area contributed by atoms with Gasteiger partial charge in [-0.25, -0.2) is 0 Å². The Balaban J connectivity index is 1.29. The molecule has 1 fully saturated rings. The highest BCUT2D eigenvalue weighted by atomic mass is 16.5. The van der Waals surface area contributed by atoms with Gasteiger partial charge >= 0.3 is 0 Å². The number of hydrogen-bond acceptors (Lipinski definition) is 7. The van der Waals surface area contributed by atoms with Gasteiger partial charge in [-0.1, -0.05) is 36.4 Å². The number of rotatable bonds is 15. The Labute approximate surface area is 226 Å². The lowest BCUT2D eigenvalue weighted by atomic mass is 10.1. The lowest BCUT2D eigenvalue weighted by molar-refractivity contribution is 0.00585. The summed E-state index contributed by atoms with van der Waals surface area (Å²) in [5.41, 5.74) is 4.66. The Morgan fingerprint density at radius 2 is 1.32 bits per heavy atom. The number of anilines is 1. The van der Waals surface area contributed by atoms with Crippen LogP contribution in [0.1, 0.15) is 16.7 Å². The fraction of sp³-hybridized carbons (Fsp3) is 0.419. The molecule has 0 spiro atoms. The number of nitrogens with zero attached hydrogens (tertiary/aromatic N) is 2. The molecule has 0 unspecified atom stereocenters. The fourth-order valence-electron chi connectivity index (χ4n) is 4.45. The highest BCUT2D eigenvalue weighted by Crippen LogP contribution is 2.24. The van der Waals surface area contributed by atoms with Gasteiger partial charge in [0.15, 0.2) is 0 Å². The van der Waals surface area contributed by atoms with E-state index in [1.807, 2.05) is 24.3 Å². The minimum absolute atomic E-state index is 0.568. The molecule has 1 aliphatic heterocycles. The summed E-state index contributed by atoms with van der Waals surface area (Å²) < 4.78 is 27.8. The molecule has 1 saturated heterocycles. The predicted octanol–water partition coefficient (Wildman–Crippen LogP) is 4.78. The largest absolute Gasteiger partial charge is 0.497 e. The van der Waals surface area contributed by atoms with Crippen LogP contribution in [0.3, 0.4) is 0 Å². The van der Waals surface area contributed by atoms with E-state index in [-0.39, 0.29) is 0 Å². The van der Waals surface area contributed by atoms with Crippen LogP contribution < -0.4 is 14.4 Å². The third-order valence-corrected chi connectivity index (χ3v) is 6.61. The summed E-state index contributed by atoms with van der Waals surface area (Å²) in [6.07, 6.45) is 0. The Morgan fingerprint density at radius 3 is 1.92 bits per heavy atom. The maximum atomic E-state index is 5.85. The van der Waals surface area contributed by atoms with Crippen LogP contribution in [0.25, 0.3) is 0 Å². The highest BCUT2D eigenvalue weighted by molar-refractivity contribution is 5.49. The second-order valence-electron chi connectivity index (χ2n) is 9.34. The second-order valence-corrected chi connectivity index (χ2v) is 9.34. The zero-order valence-electron chi connectivity index (χ0n) is 22.6. The molecule has 4 rings (SSSR count). The molecule has 0 aromatic heterocycles. The molecule has 204 valence electrons. The van der Waals surface area contributed by atoms with E-state index in [1.54, 1.807) is 14.2 Å². The van der Waals surface area contributed by atoms with E-state index in [1.165, 1.54) is 11.1 Å². The summed E-state index contributed by atoms with van der Waals surface area (Å²) >= 11 is 0. The first kappa shape index (κ1) is 27.9. The number of ether oxygens (including phenoxy) is 5. The maximum absolute atomic E-state index is 5.85. The van der Waals surface area contributed by atoms with Gasteiger partial charge in [-0.3, -0.25) is 4.90 Å². The first-order chi connectivity index (χ1) is 18.7.